The Labute approximate surface area is 223 Å². The van der Waals surface area contributed by atoms with E-state index in [-0.39, 0.29) is 30.1 Å². The number of carbonyl (C=O) groups is 2. The van der Waals surface area contributed by atoms with Crippen LogP contribution < -0.4 is 14.2 Å². The van der Waals surface area contributed by atoms with E-state index in [9.17, 15) is 14.7 Å². The van der Waals surface area contributed by atoms with E-state index in [0.717, 1.165) is 5.56 Å². The van der Waals surface area contributed by atoms with Crippen LogP contribution in [-0.4, -0.2) is 41.0 Å². The maximum atomic E-state index is 13.4. The van der Waals surface area contributed by atoms with Gasteiger partial charge >= 0.3 is 0 Å². The molecular formula is C31H33NO6. The average Bonchev–Trinajstić information content (AvgIpc) is 3.13. The molecular weight excluding hydrogens is 482 g/mol. The Kier molecular flexibility index (Phi) is 8.05. The fourth-order valence-corrected chi connectivity index (χ4v) is 4.48. The van der Waals surface area contributed by atoms with Gasteiger partial charge in [-0.1, -0.05) is 24.3 Å². The van der Waals surface area contributed by atoms with Crippen molar-refractivity contribution < 1.29 is 28.9 Å². The minimum Gasteiger partial charge on any atom is -0.507 e. The number of rotatable bonds is 9. The third kappa shape index (κ3) is 5.83. The fraction of sp³-hybridized carbons (Fsp3) is 0.290. The van der Waals surface area contributed by atoms with Gasteiger partial charge in [0.05, 0.1) is 30.9 Å². The minimum atomic E-state index is -0.791. The molecule has 1 atom stereocenters. The molecule has 0 bridgehead atoms. The molecule has 1 N–H and O–H groups in total. The fourth-order valence-electron chi connectivity index (χ4n) is 4.48. The van der Waals surface area contributed by atoms with Crippen molar-refractivity contribution in [1.29, 1.82) is 0 Å². The first kappa shape index (κ1) is 26.8. The zero-order valence-electron chi connectivity index (χ0n) is 22.3. The van der Waals surface area contributed by atoms with E-state index in [1.807, 2.05) is 64.1 Å². The van der Waals surface area contributed by atoms with Gasteiger partial charge in [0.2, 0.25) is 0 Å². The summed E-state index contributed by atoms with van der Waals surface area (Å²) in [6.45, 7) is 7.89. The van der Waals surface area contributed by atoms with Gasteiger partial charge in [-0.05, 0) is 87.4 Å². The monoisotopic (exact) mass is 515 g/mol. The van der Waals surface area contributed by atoms with Gasteiger partial charge in [0.1, 0.15) is 23.0 Å². The third-order valence-corrected chi connectivity index (χ3v) is 6.09. The second kappa shape index (κ2) is 11.4. The van der Waals surface area contributed by atoms with E-state index in [1.165, 1.54) is 4.90 Å². The number of carbonyl (C=O) groups excluding carboxylic acids is 2. The molecule has 1 aliphatic heterocycles. The van der Waals surface area contributed by atoms with Crippen LogP contribution in [0.1, 0.15) is 50.4 Å². The molecule has 4 rings (SSSR count). The summed E-state index contributed by atoms with van der Waals surface area (Å²) < 4.78 is 16.8. The number of likely N-dealkylation sites (tertiary alicyclic amines) is 1. The van der Waals surface area contributed by atoms with Crippen molar-refractivity contribution >= 4 is 17.4 Å². The number of methoxy groups -OCH3 is 1. The van der Waals surface area contributed by atoms with E-state index in [2.05, 4.69) is 0 Å². The molecule has 7 nitrogen and oxygen atoms in total. The first-order valence-electron chi connectivity index (χ1n) is 12.6. The highest BCUT2D eigenvalue weighted by Crippen LogP contribution is 2.41. The summed E-state index contributed by atoms with van der Waals surface area (Å²) in [5.41, 5.74) is 1.94. The maximum Gasteiger partial charge on any atom is 0.295 e. The molecule has 1 saturated heterocycles. The standard InChI is InChI=1S/C31H33NO6/c1-19(2)37-24-13-9-22(10-14-24)28-27(29(33)23-11-15-25(16-12-23)38-20(3)4)30(34)31(35)32(28)18-21-7-6-8-26(17-21)36-5/h6-17,19-20,28,33H,18H2,1-5H3/b29-27-. The van der Waals surface area contributed by atoms with Crippen molar-refractivity contribution in [2.45, 2.75) is 52.5 Å². The molecule has 1 fully saturated rings. The first-order chi connectivity index (χ1) is 18.2. The van der Waals surface area contributed by atoms with Crippen LogP contribution in [0.25, 0.3) is 5.76 Å². The minimum absolute atomic E-state index is 0.000899. The molecule has 3 aromatic carbocycles. The van der Waals surface area contributed by atoms with Crippen LogP contribution in [-0.2, 0) is 16.1 Å². The molecule has 7 heteroatoms. The van der Waals surface area contributed by atoms with Crippen LogP contribution in [0.3, 0.4) is 0 Å². The van der Waals surface area contributed by atoms with Crippen LogP contribution in [0.2, 0.25) is 0 Å². The van der Waals surface area contributed by atoms with E-state index < -0.39 is 17.7 Å². The molecule has 1 unspecified atom stereocenters. The van der Waals surface area contributed by atoms with Gasteiger partial charge < -0.3 is 24.2 Å². The van der Waals surface area contributed by atoms with Gasteiger partial charge in [0.15, 0.2) is 0 Å². The molecule has 0 aliphatic carbocycles. The molecule has 198 valence electrons. The lowest BCUT2D eigenvalue weighted by molar-refractivity contribution is -0.140. The first-order valence-corrected chi connectivity index (χ1v) is 12.6. The SMILES string of the molecule is COc1cccc(CN2C(=O)C(=O)/C(=C(\O)c3ccc(OC(C)C)cc3)C2c2ccc(OC(C)C)cc2)c1. The molecule has 0 saturated carbocycles. The Morgan fingerprint density at radius 1 is 0.842 bits per heavy atom. The van der Waals surface area contributed by atoms with E-state index >= 15 is 0 Å². The smallest absolute Gasteiger partial charge is 0.295 e. The van der Waals surface area contributed by atoms with Crippen LogP contribution in [0.5, 0.6) is 17.2 Å². The number of aliphatic hydroxyl groups excluding tert-OH is 1. The summed E-state index contributed by atoms with van der Waals surface area (Å²) in [5.74, 6) is 0.318. The molecule has 1 aliphatic rings. The van der Waals surface area contributed by atoms with Crippen molar-refractivity contribution in [3.63, 3.8) is 0 Å². The van der Waals surface area contributed by atoms with Crippen molar-refractivity contribution in [2.24, 2.45) is 0 Å². The molecule has 0 spiro atoms. The van der Waals surface area contributed by atoms with Gasteiger partial charge in [-0.15, -0.1) is 0 Å². The topological polar surface area (TPSA) is 85.3 Å². The average molecular weight is 516 g/mol. The van der Waals surface area contributed by atoms with Crippen molar-refractivity contribution in [2.75, 3.05) is 7.11 Å². The number of ether oxygens (including phenoxy) is 3. The van der Waals surface area contributed by atoms with Gasteiger partial charge in [0.25, 0.3) is 11.7 Å². The van der Waals surface area contributed by atoms with Crippen LogP contribution >= 0.6 is 0 Å². The third-order valence-electron chi connectivity index (χ3n) is 6.09. The van der Waals surface area contributed by atoms with Crippen LogP contribution in [0.4, 0.5) is 0 Å². The molecule has 3 aromatic rings. The predicted octanol–water partition coefficient (Wildman–Crippen LogP) is 5.89. The molecule has 1 amide bonds. The van der Waals surface area contributed by atoms with Crippen molar-refractivity contribution in [3.8, 4) is 17.2 Å². The Balaban J connectivity index is 1.78. The number of ketones is 1. The number of Topliss-reactive ketones (excluding diaryl/α,β-unsaturated/α-hetero) is 1. The molecule has 0 radical (unpaired) electrons. The quantitative estimate of drug-likeness (QED) is 0.217. The Hall–Kier alpha value is -4.26. The Bertz CT molecular complexity index is 1330. The number of hydrogen-bond acceptors (Lipinski definition) is 6. The lowest BCUT2D eigenvalue weighted by Gasteiger charge is -2.26. The normalized spacial score (nSPS) is 16.8. The lowest BCUT2D eigenvalue weighted by atomic mass is 9.95. The second-order valence-electron chi connectivity index (χ2n) is 9.71. The summed E-state index contributed by atoms with van der Waals surface area (Å²) >= 11 is 0. The highest BCUT2D eigenvalue weighted by atomic mass is 16.5. The Morgan fingerprint density at radius 3 is 1.97 bits per heavy atom. The van der Waals surface area contributed by atoms with E-state index in [0.29, 0.717) is 28.4 Å². The Morgan fingerprint density at radius 2 is 1.42 bits per heavy atom. The number of amides is 1. The summed E-state index contributed by atoms with van der Waals surface area (Å²) in [6.07, 6.45) is 0.00113. The molecule has 1 heterocycles. The summed E-state index contributed by atoms with van der Waals surface area (Å²) in [4.78, 5) is 28.2. The summed E-state index contributed by atoms with van der Waals surface area (Å²) in [7, 11) is 1.57. The summed E-state index contributed by atoms with van der Waals surface area (Å²) in [5, 5.41) is 11.3. The largest absolute Gasteiger partial charge is 0.507 e. The van der Waals surface area contributed by atoms with Gasteiger partial charge in [-0.25, -0.2) is 0 Å². The maximum absolute atomic E-state index is 13.4. The zero-order chi connectivity index (χ0) is 27.4. The van der Waals surface area contributed by atoms with Crippen molar-refractivity contribution in [1.82, 2.24) is 4.90 Å². The summed E-state index contributed by atoms with van der Waals surface area (Å²) in [6, 6.07) is 20.6. The highest BCUT2D eigenvalue weighted by molar-refractivity contribution is 6.46. The van der Waals surface area contributed by atoms with Crippen LogP contribution in [0.15, 0.2) is 78.4 Å². The number of aliphatic hydroxyl groups is 1. The lowest BCUT2D eigenvalue weighted by Crippen LogP contribution is -2.29. The van der Waals surface area contributed by atoms with E-state index in [4.69, 9.17) is 14.2 Å². The number of benzene rings is 3. The number of nitrogens with zero attached hydrogens (tertiary/aromatic N) is 1. The number of hydrogen-bond donors (Lipinski definition) is 1. The van der Waals surface area contributed by atoms with Gasteiger partial charge in [-0.2, -0.15) is 0 Å². The molecule has 38 heavy (non-hydrogen) atoms. The van der Waals surface area contributed by atoms with Crippen molar-refractivity contribution in [3.05, 3.63) is 95.1 Å². The van der Waals surface area contributed by atoms with Crippen LogP contribution in [0, 0.1) is 0 Å². The van der Waals surface area contributed by atoms with E-state index in [1.54, 1.807) is 43.5 Å². The van der Waals surface area contributed by atoms with Gasteiger partial charge in [-0.3, -0.25) is 9.59 Å². The van der Waals surface area contributed by atoms with Gasteiger partial charge in [0, 0.05) is 12.1 Å². The predicted molar refractivity (Wildman–Crippen MR) is 145 cm³/mol. The second-order valence-corrected chi connectivity index (χ2v) is 9.71. The zero-order valence-corrected chi connectivity index (χ0v) is 22.3. The highest BCUT2D eigenvalue weighted by Gasteiger charge is 2.46. The molecule has 0 aromatic heterocycles.